The second-order valence-corrected chi connectivity index (χ2v) is 10.0. The number of nitrogen functional groups attached to an aromatic ring is 1. The van der Waals surface area contributed by atoms with Gasteiger partial charge in [-0.2, -0.15) is 8.75 Å². The molecule has 0 amide bonds. The SMILES string of the molecule is Nc1ncnc2c1c(-c1ccc(N[S+]([O-])c3cccc4nsnc34)c(F)c1)cn2C1CCCC1. The van der Waals surface area contributed by atoms with Gasteiger partial charge in [-0.25, -0.2) is 19.1 Å². The van der Waals surface area contributed by atoms with Crippen molar-refractivity contribution in [2.24, 2.45) is 0 Å². The highest BCUT2D eigenvalue weighted by molar-refractivity contribution is 7.93. The van der Waals surface area contributed by atoms with Crippen LogP contribution in [0.1, 0.15) is 31.7 Å². The van der Waals surface area contributed by atoms with Crippen molar-refractivity contribution in [3.05, 3.63) is 54.7 Å². The first-order chi connectivity index (χ1) is 16.6. The van der Waals surface area contributed by atoms with E-state index in [1.807, 2.05) is 6.20 Å². The van der Waals surface area contributed by atoms with Crippen molar-refractivity contribution < 1.29 is 8.94 Å². The number of nitrogens with zero attached hydrogens (tertiary/aromatic N) is 5. The molecule has 6 rings (SSSR count). The van der Waals surface area contributed by atoms with E-state index < -0.39 is 17.2 Å². The lowest BCUT2D eigenvalue weighted by Crippen LogP contribution is -2.14. The summed E-state index contributed by atoms with van der Waals surface area (Å²) in [6, 6.07) is 10.4. The van der Waals surface area contributed by atoms with Crippen LogP contribution in [-0.2, 0) is 11.4 Å². The highest BCUT2D eigenvalue weighted by Gasteiger charge is 2.24. The molecule has 8 nitrogen and oxygen atoms in total. The fraction of sp³-hybridized carbons (Fsp3) is 0.217. The van der Waals surface area contributed by atoms with Crippen LogP contribution in [0.15, 0.2) is 53.8 Å². The summed E-state index contributed by atoms with van der Waals surface area (Å²) in [6.45, 7) is 0. The number of nitrogens with one attached hydrogen (secondary N) is 1. The number of halogens is 1. The molecule has 1 aliphatic carbocycles. The summed E-state index contributed by atoms with van der Waals surface area (Å²) in [5.41, 5.74) is 9.76. The zero-order valence-electron chi connectivity index (χ0n) is 17.9. The maximum atomic E-state index is 15.2. The van der Waals surface area contributed by atoms with Crippen molar-refractivity contribution in [2.75, 3.05) is 10.5 Å². The second-order valence-electron chi connectivity index (χ2n) is 8.30. The van der Waals surface area contributed by atoms with Crippen LogP contribution < -0.4 is 10.5 Å². The highest BCUT2D eigenvalue weighted by atomic mass is 32.2. The number of hydrogen-bond acceptors (Lipinski definition) is 8. The minimum atomic E-state index is -1.70. The Morgan fingerprint density at radius 2 is 2.00 bits per heavy atom. The lowest BCUT2D eigenvalue weighted by atomic mass is 10.1. The molecule has 34 heavy (non-hydrogen) atoms. The van der Waals surface area contributed by atoms with Crippen molar-refractivity contribution in [1.29, 1.82) is 0 Å². The summed E-state index contributed by atoms with van der Waals surface area (Å²) >= 11 is -0.655. The predicted octanol–water partition coefficient (Wildman–Crippen LogP) is 5.07. The van der Waals surface area contributed by atoms with E-state index in [2.05, 4.69) is 28.0 Å². The third-order valence-corrected chi connectivity index (χ3v) is 7.97. The van der Waals surface area contributed by atoms with Crippen molar-refractivity contribution in [3.8, 4) is 11.1 Å². The Labute approximate surface area is 201 Å². The van der Waals surface area contributed by atoms with Crippen molar-refractivity contribution in [1.82, 2.24) is 23.3 Å². The van der Waals surface area contributed by atoms with Crippen molar-refractivity contribution >= 4 is 56.7 Å². The summed E-state index contributed by atoms with van der Waals surface area (Å²) in [5, 5.41) is 0.723. The Balaban J connectivity index is 1.36. The molecule has 1 aliphatic rings. The molecular weight excluding hydrogens is 473 g/mol. The minimum Gasteiger partial charge on any atom is -0.588 e. The highest BCUT2D eigenvalue weighted by Crippen LogP contribution is 2.39. The molecule has 1 saturated carbocycles. The third-order valence-electron chi connectivity index (χ3n) is 6.29. The molecule has 0 spiro atoms. The molecule has 1 fully saturated rings. The van der Waals surface area contributed by atoms with Gasteiger partial charge in [-0.3, -0.25) is 0 Å². The Kier molecular flexibility index (Phi) is 5.31. The van der Waals surface area contributed by atoms with Crippen LogP contribution in [0.4, 0.5) is 15.9 Å². The average Bonchev–Trinajstić information content (AvgIpc) is 3.59. The fourth-order valence-corrected chi connectivity index (χ4v) is 6.25. The Morgan fingerprint density at radius 3 is 2.82 bits per heavy atom. The van der Waals surface area contributed by atoms with Gasteiger partial charge in [-0.05, 0) is 42.7 Å². The molecule has 0 radical (unpaired) electrons. The van der Waals surface area contributed by atoms with Gasteiger partial charge in [0.2, 0.25) is 4.90 Å². The smallest absolute Gasteiger partial charge is 0.208 e. The predicted molar refractivity (Wildman–Crippen MR) is 132 cm³/mol. The van der Waals surface area contributed by atoms with Gasteiger partial charge in [0, 0.05) is 17.8 Å². The Bertz CT molecular complexity index is 1510. The molecule has 0 aliphatic heterocycles. The normalized spacial score (nSPS) is 15.4. The zero-order chi connectivity index (χ0) is 23.2. The first-order valence-corrected chi connectivity index (χ1v) is 12.8. The van der Waals surface area contributed by atoms with Gasteiger partial charge in [0.15, 0.2) is 11.3 Å². The van der Waals surface area contributed by atoms with Crippen LogP contribution in [0.25, 0.3) is 33.2 Å². The van der Waals surface area contributed by atoms with E-state index in [0.717, 1.165) is 41.2 Å². The molecule has 0 bridgehead atoms. The largest absolute Gasteiger partial charge is 0.588 e. The van der Waals surface area contributed by atoms with E-state index in [1.54, 1.807) is 30.3 Å². The summed E-state index contributed by atoms with van der Waals surface area (Å²) in [4.78, 5) is 9.10. The average molecular weight is 494 g/mol. The number of anilines is 2. The van der Waals surface area contributed by atoms with Gasteiger partial charge >= 0.3 is 0 Å². The van der Waals surface area contributed by atoms with Gasteiger partial charge < -0.3 is 14.9 Å². The van der Waals surface area contributed by atoms with E-state index in [1.165, 1.54) is 25.2 Å². The molecule has 3 N–H and O–H groups in total. The first-order valence-electron chi connectivity index (χ1n) is 10.9. The van der Waals surface area contributed by atoms with Crippen LogP contribution in [0.3, 0.4) is 0 Å². The Morgan fingerprint density at radius 1 is 1.15 bits per heavy atom. The van der Waals surface area contributed by atoms with Gasteiger partial charge in [-0.15, -0.1) is 0 Å². The topological polar surface area (TPSA) is 118 Å². The second kappa shape index (κ2) is 8.49. The third kappa shape index (κ3) is 3.56. The van der Waals surface area contributed by atoms with E-state index in [4.69, 9.17) is 5.73 Å². The number of nitrogens with two attached hydrogens (primary N) is 1. The zero-order valence-corrected chi connectivity index (χ0v) is 19.6. The summed E-state index contributed by atoms with van der Waals surface area (Å²) < 4.78 is 41.4. The fourth-order valence-electron chi connectivity index (χ4n) is 4.64. The molecule has 11 heteroatoms. The van der Waals surface area contributed by atoms with Gasteiger partial charge in [0.05, 0.1) is 17.1 Å². The lowest BCUT2D eigenvalue weighted by molar-refractivity contribution is 0.532. The molecule has 1 unspecified atom stereocenters. The van der Waals surface area contributed by atoms with Crippen LogP contribution in [0.2, 0.25) is 0 Å². The molecule has 3 aromatic heterocycles. The standard InChI is InChI=1S/C23H20FN7OS2/c24-16-10-13(8-9-17(16)30-34(32)19-7-3-6-18-21(19)29-33-28-18)15-11-31(14-4-1-2-5-14)23-20(15)22(25)26-12-27-23/h3,6-12,14,30H,1-2,4-5H2,(H2,25,26,27). The van der Waals surface area contributed by atoms with E-state index in [-0.39, 0.29) is 5.69 Å². The monoisotopic (exact) mass is 493 g/mol. The summed E-state index contributed by atoms with van der Waals surface area (Å²) in [7, 11) is 0. The molecule has 5 aromatic rings. The molecule has 172 valence electrons. The van der Waals surface area contributed by atoms with Crippen LogP contribution in [0, 0.1) is 5.82 Å². The number of rotatable bonds is 5. The quantitative estimate of drug-likeness (QED) is 0.328. The molecule has 1 atom stereocenters. The molecule has 2 aromatic carbocycles. The maximum Gasteiger partial charge on any atom is 0.208 e. The van der Waals surface area contributed by atoms with Gasteiger partial charge in [-0.1, -0.05) is 25.0 Å². The molecule has 3 heterocycles. The van der Waals surface area contributed by atoms with Crippen LogP contribution >= 0.6 is 11.7 Å². The van der Waals surface area contributed by atoms with Crippen LogP contribution in [0.5, 0.6) is 0 Å². The number of aromatic nitrogens is 5. The molecular formula is C23H20FN7OS2. The molecule has 0 saturated heterocycles. The van der Waals surface area contributed by atoms with E-state index in [9.17, 15) is 4.55 Å². The number of fused-ring (bicyclic) bond motifs is 2. The lowest BCUT2D eigenvalue weighted by Gasteiger charge is -2.13. The van der Waals surface area contributed by atoms with Crippen molar-refractivity contribution in [3.63, 3.8) is 0 Å². The van der Waals surface area contributed by atoms with E-state index in [0.29, 0.717) is 33.4 Å². The number of benzene rings is 2. The van der Waals surface area contributed by atoms with Gasteiger partial charge in [0.25, 0.3) is 0 Å². The number of hydrogen-bond donors (Lipinski definition) is 2. The van der Waals surface area contributed by atoms with E-state index >= 15 is 4.39 Å². The summed E-state index contributed by atoms with van der Waals surface area (Å²) in [6.07, 6.45) is 7.98. The van der Waals surface area contributed by atoms with Gasteiger partial charge in [0.1, 0.15) is 40.4 Å². The van der Waals surface area contributed by atoms with Crippen LogP contribution in [-0.4, -0.2) is 27.8 Å². The first kappa shape index (κ1) is 21.3. The van der Waals surface area contributed by atoms with Crippen molar-refractivity contribution in [2.45, 2.75) is 36.6 Å². The summed E-state index contributed by atoms with van der Waals surface area (Å²) in [5.74, 6) is -0.156. The Hall–Kier alpha value is -3.28. The maximum absolute atomic E-state index is 15.2. The minimum absolute atomic E-state index is 0.131.